The largest absolute Gasteiger partial charge is 0.354 e. The van der Waals surface area contributed by atoms with Crippen molar-refractivity contribution in [2.45, 2.75) is 6.92 Å². The smallest absolute Gasteiger partial charge is 0.251 e. The van der Waals surface area contributed by atoms with Gasteiger partial charge in [0.2, 0.25) is 5.91 Å². The van der Waals surface area contributed by atoms with Crippen molar-refractivity contribution in [3.05, 3.63) is 47.8 Å². The predicted octanol–water partition coefficient (Wildman–Crippen LogP) is 0.615. The second kappa shape index (κ2) is 9.95. The lowest BCUT2D eigenvalue weighted by Gasteiger charge is -2.37. The highest BCUT2D eigenvalue weighted by molar-refractivity contribution is 5.96. The van der Waals surface area contributed by atoms with Gasteiger partial charge in [-0.05, 0) is 26.1 Å². The summed E-state index contributed by atoms with van der Waals surface area (Å²) in [5.74, 6) is 2.36. The van der Waals surface area contributed by atoms with Crippen LogP contribution in [0.5, 0.6) is 0 Å². The number of likely N-dealkylation sites (N-methyl/N-ethyl adjacent to an activating group) is 1. The van der Waals surface area contributed by atoms with Gasteiger partial charge >= 0.3 is 0 Å². The lowest BCUT2D eigenvalue weighted by atomic mass is 10.2. The zero-order chi connectivity index (χ0) is 22.5. The number of amides is 2. The fourth-order valence-corrected chi connectivity index (χ4v) is 4.04. The van der Waals surface area contributed by atoms with Crippen LogP contribution in [0.15, 0.2) is 36.4 Å². The van der Waals surface area contributed by atoms with E-state index in [0.717, 1.165) is 43.6 Å². The highest BCUT2D eigenvalue weighted by Gasteiger charge is 2.24. The molecular formula is C23H31N7O2. The Bertz CT molecular complexity index is 937. The lowest BCUT2D eigenvalue weighted by molar-refractivity contribution is -0.130. The fraction of sp³-hybridized carbons (Fsp3) is 0.478. The van der Waals surface area contributed by atoms with Gasteiger partial charge in [-0.15, -0.1) is 0 Å². The first kappa shape index (κ1) is 22.0. The van der Waals surface area contributed by atoms with Crippen LogP contribution in [0.4, 0.5) is 11.6 Å². The maximum absolute atomic E-state index is 12.6. The Morgan fingerprint density at radius 3 is 2.03 bits per heavy atom. The van der Waals surface area contributed by atoms with Crippen LogP contribution in [0.3, 0.4) is 0 Å². The summed E-state index contributed by atoms with van der Waals surface area (Å²) >= 11 is 0. The number of piperazine rings is 2. The van der Waals surface area contributed by atoms with E-state index in [1.165, 1.54) is 0 Å². The normalized spacial score (nSPS) is 17.4. The van der Waals surface area contributed by atoms with E-state index in [4.69, 9.17) is 0 Å². The van der Waals surface area contributed by atoms with Crippen LogP contribution in [-0.2, 0) is 4.79 Å². The molecule has 0 spiro atoms. The van der Waals surface area contributed by atoms with Crippen molar-refractivity contribution in [1.82, 2.24) is 25.1 Å². The monoisotopic (exact) mass is 437 g/mol. The van der Waals surface area contributed by atoms with E-state index in [1.807, 2.05) is 13.0 Å². The first-order chi connectivity index (χ1) is 15.5. The molecule has 0 aliphatic carbocycles. The molecule has 9 nitrogen and oxygen atoms in total. The van der Waals surface area contributed by atoms with E-state index in [0.29, 0.717) is 31.7 Å². The van der Waals surface area contributed by atoms with Crippen molar-refractivity contribution in [1.29, 1.82) is 0 Å². The van der Waals surface area contributed by atoms with Gasteiger partial charge in [-0.1, -0.05) is 18.2 Å². The third-order valence-electron chi connectivity index (χ3n) is 6.03. The van der Waals surface area contributed by atoms with Crippen LogP contribution in [0.2, 0.25) is 0 Å². The standard InChI is InChI=1S/C23H31N7O2/c1-18-25-20(28-10-8-27(2)9-11-28)16-21(26-18)29-12-14-30(15-13-29)22(31)17-24-23(32)19-6-4-3-5-7-19/h3-7,16H,8-15,17H2,1-2H3,(H,24,32). The van der Waals surface area contributed by atoms with Gasteiger partial charge in [0.25, 0.3) is 5.91 Å². The zero-order valence-corrected chi connectivity index (χ0v) is 18.8. The van der Waals surface area contributed by atoms with E-state index in [-0.39, 0.29) is 18.4 Å². The molecule has 0 unspecified atom stereocenters. The van der Waals surface area contributed by atoms with Crippen molar-refractivity contribution in [2.75, 3.05) is 75.8 Å². The van der Waals surface area contributed by atoms with Crippen LogP contribution in [0.25, 0.3) is 0 Å². The van der Waals surface area contributed by atoms with Crippen molar-refractivity contribution in [3.63, 3.8) is 0 Å². The Kier molecular flexibility index (Phi) is 6.84. The number of nitrogens with one attached hydrogen (secondary N) is 1. The molecule has 2 saturated heterocycles. The lowest BCUT2D eigenvalue weighted by Crippen LogP contribution is -2.51. The summed E-state index contributed by atoms with van der Waals surface area (Å²) in [5, 5.41) is 2.72. The third-order valence-corrected chi connectivity index (χ3v) is 6.03. The average molecular weight is 438 g/mol. The van der Waals surface area contributed by atoms with Gasteiger partial charge in [0, 0.05) is 64.0 Å². The molecule has 0 radical (unpaired) electrons. The predicted molar refractivity (Wildman–Crippen MR) is 124 cm³/mol. The quantitative estimate of drug-likeness (QED) is 0.734. The van der Waals surface area contributed by atoms with E-state index < -0.39 is 0 Å². The van der Waals surface area contributed by atoms with E-state index >= 15 is 0 Å². The molecule has 3 heterocycles. The van der Waals surface area contributed by atoms with Gasteiger partial charge in [-0.2, -0.15) is 0 Å². The molecular weight excluding hydrogens is 406 g/mol. The van der Waals surface area contributed by atoms with Crippen LogP contribution >= 0.6 is 0 Å². The minimum Gasteiger partial charge on any atom is -0.354 e. The number of hydrogen-bond donors (Lipinski definition) is 1. The first-order valence-electron chi connectivity index (χ1n) is 11.1. The molecule has 2 aliphatic rings. The number of rotatable bonds is 5. The average Bonchev–Trinajstić information content (AvgIpc) is 2.83. The summed E-state index contributed by atoms with van der Waals surface area (Å²) in [6.07, 6.45) is 0. The Morgan fingerprint density at radius 1 is 0.875 bits per heavy atom. The molecule has 0 atom stereocenters. The second-order valence-corrected chi connectivity index (χ2v) is 8.34. The molecule has 0 saturated carbocycles. The number of anilines is 2. The third kappa shape index (κ3) is 5.34. The summed E-state index contributed by atoms with van der Waals surface area (Å²) in [6.45, 7) is 8.53. The van der Waals surface area contributed by atoms with Gasteiger partial charge < -0.3 is 24.9 Å². The number of carbonyl (C=O) groups excluding carboxylic acids is 2. The van der Waals surface area contributed by atoms with Crippen molar-refractivity contribution >= 4 is 23.5 Å². The number of nitrogens with zero attached hydrogens (tertiary/aromatic N) is 6. The highest BCUT2D eigenvalue weighted by Crippen LogP contribution is 2.21. The van der Waals surface area contributed by atoms with Gasteiger partial charge in [0.15, 0.2) is 0 Å². The molecule has 32 heavy (non-hydrogen) atoms. The molecule has 1 aromatic carbocycles. The summed E-state index contributed by atoms with van der Waals surface area (Å²) in [7, 11) is 2.14. The zero-order valence-electron chi connectivity index (χ0n) is 18.8. The Balaban J connectivity index is 1.30. The van der Waals surface area contributed by atoms with Crippen LogP contribution in [-0.4, -0.2) is 97.5 Å². The minimum atomic E-state index is -0.231. The summed E-state index contributed by atoms with van der Waals surface area (Å²) in [6, 6.07) is 11.0. The Labute approximate surface area is 189 Å². The van der Waals surface area contributed by atoms with E-state index in [2.05, 4.69) is 43.1 Å². The minimum absolute atomic E-state index is 0.00783. The summed E-state index contributed by atoms with van der Waals surface area (Å²) < 4.78 is 0. The van der Waals surface area contributed by atoms with Crippen molar-refractivity contribution < 1.29 is 9.59 Å². The highest BCUT2D eigenvalue weighted by atomic mass is 16.2. The van der Waals surface area contributed by atoms with E-state index in [1.54, 1.807) is 29.2 Å². The maximum Gasteiger partial charge on any atom is 0.251 e. The summed E-state index contributed by atoms with van der Waals surface area (Å²) in [4.78, 5) is 42.7. The topological polar surface area (TPSA) is 84.9 Å². The van der Waals surface area contributed by atoms with Crippen LogP contribution in [0.1, 0.15) is 16.2 Å². The SMILES string of the molecule is Cc1nc(N2CCN(C)CC2)cc(N2CCN(C(=O)CNC(=O)c3ccccc3)CC2)n1. The summed E-state index contributed by atoms with van der Waals surface area (Å²) in [5.41, 5.74) is 0.556. The van der Waals surface area contributed by atoms with E-state index in [9.17, 15) is 9.59 Å². The number of aryl methyl sites for hydroxylation is 1. The number of hydrogen-bond acceptors (Lipinski definition) is 7. The van der Waals surface area contributed by atoms with Crippen molar-refractivity contribution in [3.8, 4) is 0 Å². The fourth-order valence-electron chi connectivity index (χ4n) is 4.04. The Hall–Kier alpha value is -3.20. The molecule has 1 aromatic heterocycles. The van der Waals surface area contributed by atoms with Crippen LogP contribution in [0, 0.1) is 6.92 Å². The molecule has 9 heteroatoms. The first-order valence-corrected chi connectivity index (χ1v) is 11.1. The van der Waals surface area contributed by atoms with Gasteiger partial charge in [-0.3, -0.25) is 9.59 Å². The van der Waals surface area contributed by atoms with Crippen LogP contribution < -0.4 is 15.1 Å². The molecule has 0 bridgehead atoms. The number of carbonyl (C=O) groups is 2. The molecule has 1 N–H and O–H groups in total. The molecule has 170 valence electrons. The molecule has 2 fully saturated rings. The second-order valence-electron chi connectivity index (χ2n) is 8.34. The number of aromatic nitrogens is 2. The van der Waals surface area contributed by atoms with Crippen molar-refractivity contribution in [2.24, 2.45) is 0 Å². The van der Waals surface area contributed by atoms with Gasteiger partial charge in [-0.25, -0.2) is 9.97 Å². The molecule has 4 rings (SSSR count). The molecule has 2 aromatic rings. The molecule has 2 amide bonds. The Morgan fingerprint density at radius 2 is 1.44 bits per heavy atom. The molecule has 2 aliphatic heterocycles. The number of benzene rings is 1. The maximum atomic E-state index is 12.6. The van der Waals surface area contributed by atoms with Gasteiger partial charge in [0.05, 0.1) is 6.54 Å². The van der Waals surface area contributed by atoms with Gasteiger partial charge in [0.1, 0.15) is 17.5 Å².